The molecule has 1 unspecified atom stereocenters. The largest absolute Gasteiger partial charge is 0.497 e. The molecular weight excluding hydrogens is 488 g/mol. The second kappa shape index (κ2) is 12.2. The molecule has 3 aromatic carbocycles. The first-order valence-corrected chi connectivity index (χ1v) is 12.6. The smallest absolute Gasteiger partial charge is 0.237 e. The van der Waals surface area contributed by atoms with E-state index in [4.69, 9.17) is 19.2 Å². The van der Waals surface area contributed by atoms with Crippen LogP contribution >= 0.6 is 11.8 Å². The number of anilines is 1. The highest BCUT2D eigenvalue weighted by molar-refractivity contribution is 8.00. The van der Waals surface area contributed by atoms with Gasteiger partial charge in [0.1, 0.15) is 28.6 Å². The van der Waals surface area contributed by atoms with Crippen LogP contribution in [0, 0.1) is 0 Å². The molecule has 0 aliphatic carbocycles. The Morgan fingerprint density at radius 1 is 0.811 bits per heavy atom. The van der Waals surface area contributed by atoms with Crippen LogP contribution in [0.4, 0.5) is 5.69 Å². The number of benzene rings is 3. The van der Waals surface area contributed by atoms with E-state index in [1.54, 1.807) is 27.4 Å². The molecule has 0 saturated heterocycles. The summed E-state index contributed by atoms with van der Waals surface area (Å²) in [6.45, 7) is 1.95. The number of nitrogens with zero attached hydrogens (tertiary/aromatic N) is 3. The Morgan fingerprint density at radius 2 is 1.41 bits per heavy atom. The normalized spacial score (nSPS) is 11.5. The van der Waals surface area contributed by atoms with Gasteiger partial charge in [0.15, 0.2) is 0 Å². The van der Waals surface area contributed by atoms with Crippen LogP contribution in [-0.4, -0.2) is 47.7 Å². The molecule has 0 spiro atoms. The number of rotatable bonds is 10. The summed E-state index contributed by atoms with van der Waals surface area (Å²) in [5.74, 6) is 2.01. The third-order valence-electron chi connectivity index (χ3n) is 5.64. The third kappa shape index (κ3) is 6.37. The monoisotopic (exact) mass is 516 g/mol. The molecule has 8 nitrogen and oxygen atoms in total. The zero-order valence-corrected chi connectivity index (χ0v) is 21.9. The van der Waals surface area contributed by atoms with Crippen LogP contribution in [-0.2, 0) is 4.79 Å². The maximum absolute atomic E-state index is 13.0. The highest BCUT2D eigenvalue weighted by Gasteiger charge is 2.22. The summed E-state index contributed by atoms with van der Waals surface area (Å²) in [6, 6.07) is 22.4. The van der Waals surface area contributed by atoms with Crippen molar-refractivity contribution in [2.75, 3.05) is 26.6 Å². The van der Waals surface area contributed by atoms with E-state index < -0.39 is 5.25 Å². The quantitative estimate of drug-likeness (QED) is 0.267. The lowest BCUT2D eigenvalue weighted by Crippen LogP contribution is -2.25. The van der Waals surface area contributed by atoms with Crippen LogP contribution in [0.2, 0.25) is 0 Å². The van der Waals surface area contributed by atoms with Crippen LogP contribution < -0.4 is 19.5 Å². The van der Waals surface area contributed by atoms with Crippen LogP contribution in [0.15, 0.2) is 78.0 Å². The van der Waals surface area contributed by atoms with E-state index in [2.05, 4.69) is 15.5 Å². The van der Waals surface area contributed by atoms with Crippen molar-refractivity contribution in [3.8, 4) is 39.8 Å². The van der Waals surface area contributed by atoms with Gasteiger partial charge in [-0.25, -0.2) is 4.98 Å². The topological polar surface area (TPSA) is 95.5 Å². The van der Waals surface area contributed by atoms with Gasteiger partial charge in [0.25, 0.3) is 0 Å². The Bertz CT molecular complexity index is 1350. The Balaban J connectivity index is 1.64. The molecule has 190 valence electrons. The standard InChI is InChI=1S/C28H28N4O4S/c1-5-24(27(33)29-20-7-6-8-23(17-20)36-4)37-28-30-25(18-9-13-21(34-2)14-10-18)26(31-32-28)19-11-15-22(35-3)16-12-19/h6-17,24H,5H2,1-4H3,(H,29,33). The molecule has 1 heterocycles. The summed E-state index contributed by atoms with van der Waals surface area (Å²) >= 11 is 1.28. The van der Waals surface area contributed by atoms with Gasteiger partial charge in [-0.1, -0.05) is 24.8 Å². The molecule has 1 aromatic heterocycles. The maximum Gasteiger partial charge on any atom is 0.237 e. The van der Waals surface area contributed by atoms with Crippen molar-refractivity contribution in [1.29, 1.82) is 0 Å². The lowest BCUT2D eigenvalue weighted by molar-refractivity contribution is -0.115. The molecule has 0 aliphatic rings. The minimum atomic E-state index is -0.413. The number of hydrogen-bond acceptors (Lipinski definition) is 8. The van der Waals surface area contributed by atoms with E-state index in [-0.39, 0.29) is 5.91 Å². The molecule has 37 heavy (non-hydrogen) atoms. The second-order valence-corrected chi connectivity index (χ2v) is 9.15. The van der Waals surface area contributed by atoms with E-state index in [1.165, 1.54) is 11.8 Å². The number of ether oxygens (including phenoxy) is 3. The Kier molecular flexibility index (Phi) is 8.58. The van der Waals surface area contributed by atoms with Crippen LogP contribution in [0.5, 0.6) is 17.2 Å². The lowest BCUT2D eigenvalue weighted by Gasteiger charge is -2.15. The third-order valence-corrected chi connectivity index (χ3v) is 6.86. The van der Waals surface area contributed by atoms with Gasteiger partial charge in [-0.05, 0) is 67.1 Å². The van der Waals surface area contributed by atoms with Gasteiger partial charge >= 0.3 is 0 Å². The SMILES string of the molecule is CCC(Sc1nnc(-c2ccc(OC)cc2)c(-c2ccc(OC)cc2)n1)C(=O)Nc1cccc(OC)c1. The Morgan fingerprint density at radius 3 is 1.97 bits per heavy atom. The van der Waals surface area contributed by atoms with Crippen molar-refractivity contribution in [3.05, 3.63) is 72.8 Å². The van der Waals surface area contributed by atoms with Gasteiger partial charge in [-0.2, -0.15) is 0 Å². The number of aromatic nitrogens is 3. The molecule has 9 heteroatoms. The fourth-order valence-electron chi connectivity index (χ4n) is 3.63. The summed E-state index contributed by atoms with van der Waals surface area (Å²) in [5.41, 5.74) is 3.67. The molecule has 4 aromatic rings. The van der Waals surface area contributed by atoms with E-state index in [1.807, 2.05) is 73.7 Å². The van der Waals surface area contributed by atoms with Gasteiger partial charge in [0.2, 0.25) is 11.1 Å². The summed E-state index contributed by atoms with van der Waals surface area (Å²) in [7, 11) is 4.84. The maximum atomic E-state index is 13.0. The Labute approximate surface area is 220 Å². The number of nitrogens with one attached hydrogen (secondary N) is 1. The number of carbonyl (C=O) groups is 1. The molecule has 1 N–H and O–H groups in total. The first-order valence-electron chi connectivity index (χ1n) is 11.7. The molecule has 0 bridgehead atoms. The van der Waals surface area contributed by atoms with Crippen molar-refractivity contribution >= 4 is 23.4 Å². The predicted molar refractivity (Wildman–Crippen MR) is 145 cm³/mol. The summed E-state index contributed by atoms with van der Waals surface area (Å²) in [5, 5.41) is 11.8. The number of hydrogen-bond donors (Lipinski definition) is 1. The van der Waals surface area contributed by atoms with Gasteiger partial charge in [0.05, 0.1) is 26.6 Å². The Hall–Kier alpha value is -4.11. The highest BCUT2D eigenvalue weighted by Crippen LogP contribution is 2.33. The summed E-state index contributed by atoms with van der Waals surface area (Å²) in [6.07, 6.45) is 0.585. The predicted octanol–water partition coefficient (Wildman–Crippen LogP) is 5.74. The highest BCUT2D eigenvalue weighted by atomic mass is 32.2. The zero-order valence-electron chi connectivity index (χ0n) is 21.1. The first kappa shape index (κ1) is 26.0. The van der Waals surface area contributed by atoms with Crippen LogP contribution in [0.25, 0.3) is 22.5 Å². The number of methoxy groups -OCH3 is 3. The van der Waals surface area contributed by atoms with Gasteiger partial charge < -0.3 is 19.5 Å². The summed E-state index contributed by atoms with van der Waals surface area (Å²) in [4.78, 5) is 17.9. The van der Waals surface area contributed by atoms with Crippen molar-refractivity contribution in [3.63, 3.8) is 0 Å². The molecule has 0 aliphatic heterocycles. The van der Waals surface area contributed by atoms with Crippen LogP contribution in [0.1, 0.15) is 13.3 Å². The molecule has 1 amide bonds. The van der Waals surface area contributed by atoms with E-state index >= 15 is 0 Å². The molecule has 1 atom stereocenters. The average Bonchev–Trinajstić information content (AvgIpc) is 2.96. The van der Waals surface area contributed by atoms with Gasteiger partial charge in [0, 0.05) is 22.9 Å². The van der Waals surface area contributed by atoms with Gasteiger partial charge in [-0.3, -0.25) is 4.79 Å². The fourth-order valence-corrected chi connectivity index (χ4v) is 4.45. The van der Waals surface area contributed by atoms with Crippen molar-refractivity contribution in [2.45, 2.75) is 23.8 Å². The number of thioether (sulfide) groups is 1. The van der Waals surface area contributed by atoms with E-state index in [0.29, 0.717) is 34.4 Å². The molecule has 4 rings (SSSR count). The average molecular weight is 517 g/mol. The zero-order chi connectivity index (χ0) is 26.2. The van der Waals surface area contributed by atoms with E-state index in [9.17, 15) is 4.79 Å². The number of amides is 1. The van der Waals surface area contributed by atoms with Gasteiger partial charge in [-0.15, -0.1) is 10.2 Å². The fraction of sp³-hybridized carbons (Fsp3) is 0.214. The first-order chi connectivity index (χ1) is 18.0. The second-order valence-electron chi connectivity index (χ2n) is 7.98. The van der Waals surface area contributed by atoms with Crippen LogP contribution in [0.3, 0.4) is 0 Å². The molecular formula is C28H28N4O4S. The molecule has 0 radical (unpaired) electrons. The molecule has 0 fully saturated rings. The van der Waals surface area contributed by atoms with Crippen molar-refractivity contribution in [1.82, 2.24) is 15.2 Å². The van der Waals surface area contributed by atoms with Crippen molar-refractivity contribution < 1.29 is 19.0 Å². The minimum absolute atomic E-state index is 0.144. The number of carbonyl (C=O) groups excluding carboxylic acids is 1. The minimum Gasteiger partial charge on any atom is -0.497 e. The summed E-state index contributed by atoms with van der Waals surface area (Å²) < 4.78 is 15.8. The van der Waals surface area contributed by atoms with Crippen molar-refractivity contribution in [2.24, 2.45) is 0 Å². The molecule has 0 saturated carbocycles. The lowest BCUT2D eigenvalue weighted by atomic mass is 10.0. The van der Waals surface area contributed by atoms with E-state index in [0.717, 1.165) is 22.6 Å².